The minimum atomic E-state index is -0.0427. The number of carbonyl (C=O) groups is 2. The highest BCUT2D eigenvalue weighted by Crippen LogP contribution is 2.35. The van der Waals surface area contributed by atoms with E-state index in [1.54, 1.807) is 0 Å². The van der Waals surface area contributed by atoms with Crippen LogP contribution in [-0.4, -0.2) is 60.1 Å². The highest BCUT2D eigenvalue weighted by atomic mass is 16.5. The monoisotopic (exact) mass is 399 g/mol. The molecule has 1 N–H and O–H groups in total. The molecule has 3 aliphatic rings. The maximum absolute atomic E-state index is 13.0. The third-order valence-corrected chi connectivity index (χ3v) is 6.52. The summed E-state index contributed by atoms with van der Waals surface area (Å²) in [7, 11) is 0. The van der Waals surface area contributed by atoms with Crippen LogP contribution >= 0.6 is 0 Å². The van der Waals surface area contributed by atoms with E-state index in [-0.39, 0.29) is 18.0 Å². The summed E-state index contributed by atoms with van der Waals surface area (Å²) in [5.74, 6) is 0.584. The van der Waals surface area contributed by atoms with Crippen molar-refractivity contribution in [2.75, 3.05) is 31.6 Å². The molecule has 0 bridgehead atoms. The molecule has 6 heteroatoms. The normalized spacial score (nSPS) is 21.1. The van der Waals surface area contributed by atoms with Gasteiger partial charge in [-0.1, -0.05) is 19.1 Å². The van der Waals surface area contributed by atoms with Crippen LogP contribution < -0.4 is 5.32 Å². The van der Waals surface area contributed by atoms with Gasteiger partial charge in [-0.25, -0.2) is 4.79 Å². The number of amides is 3. The highest BCUT2D eigenvalue weighted by Gasteiger charge is 2.41. The average molecular weight is 400 g/mol. The van der Waals surface area contributed by atoms with Gasteiger partial charge in [0.1, 0.15) is 0 Å². The summed E-state index contributed by atoms with van der Waals surface area (Å²) in [6.07, 6.45) is 6.66. The van der Waals surface area contributed by atoms with Gasteiger partial charge in [-0.15, -0.1) is 0 Å². The molecule has 2 saturated heterocycles. The number of nitrogens with zero attached hydrogens (tertiary/aromatic N) is 2. The number of hydrogen-bond donors (Lipinski definition) is 1. The molecule has 0 unspecified atom stereocenters. The summed E-state index contributed by atoms with van der Waals surface area (Å²) < 4.78 is 5.51. The van der Waals surface area contributed by atoms with E-state index < -0.39 is 0 Å². The molecule has 1 aromatic carbocycles. The second-order valence-electron chi connectivity index (χ2n) is 8.56. The van der Waals surface area contributed by atoms with Crippen molar-refractivity contribution in [1.82, 2.24) is 9.80 Å². The number of anilines is 1. The van der Waals surface area contributed by atoms with Crippen LogP contribution in [0.15, 0.2) is 24.3 Å². The number of aryl methyl sites for hydroxylation is 1. The lowest BCUT2D eigenvalue weighted by molar-refractivity contribution is -0.141. The Bertz CT molecular complexity index is 703. The Morgan fingerprint density at radius 1 is 1.00 bits per heavy atom. The van der Waals surface area contributed by atoms with Crippen molar-refractivity contribution in [3.63, 3.8) is 0 Å². The number of likely N-dealkylation sites (tertiary alicyclic amines) is 1. The molecule has 6 nitrogen and oxygen atoms in total. The number of carbonyl (C=O) groups excluding carboxylic acids is 2. The second kappa shape index (κ2) is 9.16. The molecular formula is C23H33N3O3. The Balaban J connectivity index is 1.33. The van der Waals surface area contributed by atoms with Gasteiger partial charge in [0, 0.05) is 50.0 Å². The number of rotatable bonds is 5. The molecule has 29 heavy (non-hydrogen) atoms. The third kappa shape index (κ3) is 4.92. The van der Waals surface area contributed by atoms with Gasteiger partial charge in [0.05, 0.1) is 0 Å². The largest absolute Gasteiger partial charge is 0.381 e. The number of piperidine rings is 1. The lowest BCUT2D eigenvalue weighted by atomic mass is 9.97. The van der Waals surface area contributed by atoms with Crippen molar-refractivity contribution in [2.45, 2.75) is 64.0 Å². The summed E-state index contributed by atoms with van der Waals surface area (Å²) in [6, 6.07) is 8.54. The Kier molecular flexibility index (Phi) is 6.38. The van der Waals surface area contributed by atoms with Crippen LogP contribution in [0.1, 0.15) is 51.0 Å². The van der Waals surface area contributed by atoms with Crippen LogP contribution in [0.3, 0.4) is 0 Å². The van der Waals surface area contributed by atoms with Gasteiger partial charge in [0.2, 0.25) is 5.91 Å². The van der Waals surface area contributed by atoms with Crippen LogP contribution in [0.5, 0.6) is 0 Å². The molecule has 0 spiro atoms. The first-order valence-corrected chi connectivity index (χ1v) is 11.2. The molecule has 3 fully saturated rings. The zero-order valence-corrected chi connectivity index (χ0v) is 17.4. The maximum Gasteiger partial charge on any atom is 0.321 e. The van der Waals surface area contributed by atoms with Crippen molar-refractivity contribution in [3.05, 3.63) is 29.8 Å². The van der Waals surface area contributed by atoms with Crippen molar-refractivity contribution in [1.29, 1.82) is 0 Å². The summed E-state index contributed by atoms with van der Waals surface area (Å²) in [5.41, 5.74) is 2.10. The molecule has 2 aliphatic heterocycles. The van der Waals surface area contributed by atoms with Gasteiger partial charge < -0.3 is 19.9 Å². The minimum absolute atomic E-state index is 0.0427. The topological polar surface area (TPSA) is 61.9 Å². The van der Waals surface area contributed by atoms with Crippen molar-refractivity contribution in [3.8, 4) is 0 Å². The van der Waals surface area contributed by atoms with E-state index in [0.717, 1.165) is 63.8 Å². The van der Waals surface area contributed by atoms with Gasteiger partial charge in [-0.05, 0) is 62.6 Å². The van der Waals surface area contributed by atoms with Crippen molar-refractivity contribution < 1.29 is 14.3 Å². The molecule has 2 heterocycles. The van der Waals surface area contributed by atoms with Crippen LogP contribution in [0.4, 0.5) is 10.5 Å². The fourth-order valence-corrected chi connectivity index (χ4v) is 4.54. The van der Waals surface area contributed by atoms with Gasteiger partial charge in [0.25, 0.3) is 0 Å². The van der Waals surface area contributed by atoms with Crippen LogP contribution in [-0.2, 0) is 16.0 Å². The highest BCUT2D eigenvalue weighted by molar-refractivity contribution is 5.89. The van der Waals surface area contributed by atoms with E-state index in [0.29, 0.717) is 25.0 Å². The van der Waals surface area contributed by atoms with Gasteiger partial charge in [-0.2, -0.15) is 0 Å². The molecular weight excluding hydrogens is 366 g/mol. The number of benzene rings is 1. The van der Waals surface area contributed by atoms with E-state index in [2.05, 4.69) is 29.3 Å². The van der Waals surface area contributed by atoms with Crippen LogP contribution in [0.2, 0.25) is 0 Å². The van der Waals surface area contributed by atoms with E-state index in [4.69, 9.17) is 4.74 Å². The van der Waals surface area contributed by atoms with Crippen molar-refractivity contribution >= 4 is 17.6 Å². The van der Waals surface area contributed by atoms with Crippen molar-refractivity contribution in [2.24, 2.45) is 5.92 Å². The van der Waals surface area contributed by atoms with Gasteiger partial charge in [0.15, 0.2) is 0 Å². The van der Waals surface area contributed by atoms with Gasteiger partial charge in [-0.3, -0.25) is 4.79 Å². The smallest absolute Gasteiger partial charge is 0.321 e. The molecule has 0 radical (unpaired) electrons. The zero-order valence-electron chi connectivity index (χ0n) is 17.4. The minimum Gasteiger partial charge on any atom is -0.381 e. The first-order chi connectivity index (χ1) is 14.2. The Labute approximate surface area is 173 Å². The molecule has 4 rings (SSSR count). The first-order valence-electron chi connectivity index (χ1n) is 11.2. The molecule has 1 aliphatic carbocycles. The molecule has 3 amide bonds. The number of urea groups is 1. The Morgan fingerprint density at radius 3 is 2.21 bits per heavy atom. The number of ether oxygens (including phenoxy) is 1. The Morgan fingerprint density at radius 2 is 1.62 bits per heavy atom. The van der Waals surface area contributed by atoms with Gasteiger partial charge >= 0.3 is 6.03 Å². The maximum atomic E-state index is 13.0. The lowest BCUT2D eigenvalue weighted by Gasteiger charge is -2.43. The lowest BCUT2D eigenvalue weighted by Crippen LogP contribution is -2.54. The summed E-state index contributed by atoms with van der Waals surface area (Å²) >= 11 is 0. The standard InChI is InChI=1S/C23H33N3O3/c1-2-17-3-7-19(8-4-17)24-23(28)25-13-9-20(10-14-25)26(22(27)18-5-6-18)21-11-15-29-16-12-21/h3-4,7-8,18,20-21H,2,5-6,9-16H2,1H3,(H,24,28). The number of nitrogens with one attached hydrogen (secondary N) is 1. The second-order valence-corrected chi connectivity index (χ2v) is 8.56. The third-order valence-electron chi connectivity index (χ3n) is 6.52. The quantitative estimate of drug-likeness (QED) is 0.822. The molecule has 0 aromatic heterocycles. The fraction of sp³-hybridized carbons (Fsp3) is 0.652. The first kappa shape index (κ1) is 20.2. The predicted octanol–water partition coefficient (Wildman–Crippen LogP) is 3.66. The van der Waals surface area contributed by atoms with E-state index in [9.17, 15) is 9.59 Å². The Hall–Kier alpha value is -2.08. The summed E-state index contributed by atoms with van der Waals surface area (Å²) in [5, 5.41) is 3.01. The summed E-state index contributed by atoms with van der Waals surface area (Å²) in [4.78, 5) is 29.8. The van der Waals surface area contributed by atoms with E-state index in [1.807, 2.05) is 17.0 Å². The van der Waals surface area contributed by atoms with E-state index in [1.165, 1.54) is 5.56 Å². The van der Waals surface area contributed by atoms with Crippen LogP contribution in [0.25, 0.3) is 0 Å². The van der Waals surface area contributed by atoms with E-state index >= 15 is 0 Å². The molecule has 1 aromatic rings. The summed E-state index contributed by atoms with van der Waals surface area (Å²) in [6.45, 7) is 5.01. The molecule has 158 valence electrons. The average Bonchev–Trinajstić information content (AvgIpc) is 3.61. The van der Waals surface area contributed by atoms with Crippen LogP contribution in [0, 0.1) is 5.92 Å². The molecule has 0 atom stereocenters. The number of hydrogen-bond acceptors (Lipinski definition) is 3. The predicted molar refractivity (Wildman–Crippen MR) is 113 cm³/mol. The molecule has 1 saturated carbocycles. The SMILES string of the molecule is CCc1ccc(NC(=O)N2CCC(N(C(=O)C3CC3)C3CCOCC3)CC2)cc1. The zero-order chi connectivity index (χ0) is 20.2. The fourth-order valence-electron chi connectivity index (χ4n) is 4.54.